The summed E-state index contributed by atoms with van der Waals surface area (Å²) in [4.78, 5) is 25.9. The highest BCUT2D eigenvalue weighted by molar-refractivity contribution is 6.00. The van der Waals surface area contributed by atoms with Crippen LogP contribution in [-0.2, 0) is 14.3 Å². The highest BCUT2D eigenvalue weighted by Gasteiger charge is 2.37. The Labute approximate surface area is 151 Å². The molecular formula is C19H24F2N2O3. The largest absolute Gasteiger partial charge is 0.378 e. The first kappa shape index (κ1) is 18.8. The Hall–Kier alpha value is -2.02. The van der Waals surface area contributed by atoms with Gasteiger partial charge in [-0.05, 0) is 24.5 Å². The standard InChI is InChI=1S/C19H24F2N2O3/c1-11(2)18-12(5-6-26-18)9-22-19(25)13-7-17(24)23(10-13)16-4-3-14(20)8-15(16)21/h3-4,8,11-13,18H,5-7,9-10H2,1-2H3,(H,22,25)/t12-,13-,18-/m1/s1. The van der Waals surface area contributed by atoms with Gasteiger partial charge in [-0.3, -0.25) is 9.59 Å². The number of ether oxygens (including phenoxy) is 1. The molecule has 0 bridgehead atoms. The maximum atomic E-state index is 13.9. The lowest BCUT2D eigenvalue weighted by molar-refractivity contribution is -0.126. The second-order valence-electron chi connectivity index (χ2n) is 7.37. The van der Waals surface area contributed by atoms with Crippen LogP contribution in [0.1, 0.15) is 26.7 Å². The van der Waals surface area contributed by atoms with Crippen LogP contribution in [0.15, 0.2) is 18.2 Å². The molecule has 2 heterocycles. The second kappa shape index (κ2) is 7.70. The predicted octanol–water partition coefficient (Wildman–Crippen LogP) is 2.50. The van der Waals surface area contributed by atoms with Gasteiger partial charge >= 0.3 is 0 Å². The number of carbonyl (C=O) groups is 2. The van der Waals surface area contributed by atoms with Gasteiger partial charge in [0.15, 0.2) is 0 Å². The van der Waals surface area contributed by atoms with Gasteiger partial charge in [-0.15, -0.1) is 0 Å². The average molecular weight is 366 g/mol. The number of rotatable bonds is 5. The maximum absolute atomic E-state index is 13.9. The molecule has 2 fully saturated rings. The fourth-order valence-corrected chi connectivity index (χ4v) is 3.80. The third kappa shape index (κ3) is 3.87. The number of nitrogens with zero attached hydrogens (tertiary/aromatic N) is 1. The van der Waals surface area contributed by atoms with E-state index in [2.05, 4.69) is 19.2 Å². The Bertz CT molecular complexity index is 695. The van der Waals surface area contributed by atoms with Crippen molar-refractivity contribution in [2.45, 2.75) is 32.8 Å². The molecule has 2 aliphatic heterocycles. The molecule has 2 aliphatic rings. The Balaban J connectivity index is 1.59. The van der Waals surface area contributed by atoms with Gasteiger partial charge in [0, 0.05) is 38.1 Å². The fourth-order valence-electron chi connectivity index (χ4n) is 3.80. The van der Waals surface area contributed by atoms with Crippen LogP contribution < -0.4 is 10.2 Å². The van der Waals surface area contributed by atoms with E-state index in [9.17, 15) is 18.4 Å². The van der Waals surface area contributed by atoms with Gasteiger partial charge in [-0.2, -0.15) is 0 Å². The summed E-state index contributed by atoms with van der Waals surface area (Å²) in [5.41, 5.74) is 0.00997. The first-order valence-electron chi connectivity index (χ1n) is 9.01. The SMILES string of the molecule is CC(C)[C@H]1OCC[C@@H]1CNC(=O)[C@@H]1CC(=O)N(c2ccc(F)cc2F)C1. The molecule has 0 radical (unpaired) electrons. The van der Waals surface area contributed by atoms with Crippen LogP contribution in [-0.4, -0.2) is 37.6 Å². The molecule has 5 nitrogen and oxygen atoms in total. The molecule has 3 atom stereocenters. The lowest BCUT2D eigenvalue weighted by atomic mass is 9.93. The number of halogens is 2. The number of anilines is 1. The van der Waals surface area contributed by atoms with E-state index in [-0.39, 0.29) is 42.5 Å². The molecule has 2 saturated heterocycles. The molecule has 26 heavy (non-hydrogen) atoms. The normalized spacial score (nSPS) is 26.0. The van der Waals surface area contributed by atoms with Gasteiger partial charge in [-0.1, -0.05) is 13.8 Å². The van der Waals surface area contributed by atoms with Crippen LogP contribution in [0.25, 0.3) is 0 Å². The minimum atomic E-state index is -0.803. The average Bonchev–Trinajstić information content (AvgIpc) is 3.19. The van der Waals surface area contributed by atoms with Gasteiger partial charge in [0.1, 0.15) is 11.6 Å². The number of hydrogen-bond acceptors (Lipinski definition) is 3. The number of nitrogens with one attached hydrogen (secondary N) is 1. The Morgan fingerprint density at radius 1 is 1.38 bits per heavy atom. The van der Waals surface area contributed by atoms with Crippen molar-refractivity contribution in [3.63, 3.8) is 0 Å². The van der Waals surface area contributed by atoms with Crippen molar-refractivity contribution in [2.24, 2.45) is 17.8 Å². The molecule has 7 heteroatoms. The summed E-state index contributed by atoms with van der Waals surface area (Å²) in [6.07, 6.45) is 1.06. The summed E-state index contributed by atoms with van der Waals surface area (Å²) in [5.74, 6) is -1.94. The van der Waals surface area contributed by atoms with Gasteiger partial charge < -0.3 is 15.0 Å². The number of benzene rings is 1. The van der Waals surface area contributed by atoms with Crippen molar-refractivity contribution < 1.29 is 23.1 Å². The summed E-state index contributed by atoms with van der Waals surface area (Å²) in [5, 5.41) is 2.92. The zero-order chi connectivity index (χ0) is 18.8. The van der Waals surface area contributed by atoms with Gasteiger partial charge in [0.05, 0.1) is 17.7 Å². The highest BCUT2D eigenvalue weighted by Crippen LogP contribution is 2.29. The van der Waals surface area contributed by atoms with Crippen LogP contribution in [0.5, 0.6) is 0 Å². The third-order valence-electron chi connectivity index (χ3n) is 5.16. The number of hydrogen-bond donors (Lipinski definition) is 1. The zero-order valence-corrected chi connectivity index (χ0v) is 15.0. The molecular weight excluding hydrogens is 342 g/mol. The molecule has 1 aromatic rings. The lowest BCUT2D eigenvalue weighted by Gasteiger charge is -2.23. The molecule has 142 valence electrons. The van der Waals surface area contributed by atoms with Crippen LogP contribution in [0.4, 0.5) is 14.5 Å². The molecule has 1 aromatic carbocycles. The predicted molar refractivity (Wildman–Crippen MR) is 92.5 cm³/mol. The quantitative estimate of drug-likeness (QED) is 0.871. The summed E-state index contributed by atoms with van der Waals surface area (Å²) in [7, 11) is 0. The monoisotopic (exact) mass is 366 g/mol. The van der Waals surface area contributed by atoms with E-state index >= 15 is 0 Å². The van der Waals surface area contributed by atoms with E-state index in [0.29, 0.717) is 19.1 Å². The van der Waals surface area contributed by atoms with Crippen molar-refractivity contribution in [3.8, 4) is 0 Å². The second-order valence-corrected chi connectivity index (χ2v) is 7.37. The smallest absolute Gasteiger partial charge is 0.227 e. The van der Waals surface area contributed by atoms with Gasteiger partial charge in [0.2, 0.25) is 11.8 Å². The molecule has 3 rings (SSSR count). The van der Waals surface area contributed by atoms with E-state index in [1.54, 1.807) is 0 Å². The van der Waals surface area contributed by atoms with Crippen molar-refractivity contribution in [2.75, 3.05) is 24.6 Å². The van der Waals surface area contributed by atoms with E-state index in [1.807, 2.05) is 0 Å². The topological polar surface area (TPSA) is 58.6 Å². The molecule has 0 spiro atoms. The van der Waals surface area contributed by atoms with Crippen molar-refractivity contribution in [1.29, 1.82) is 0 Å². The van der Waals surface area contributed by atoms with Gasteiger partial charge in [0.25, 0.3) is 0 Å². The summed E-state index contributed by atoms with van der Waals surface area (Å²) < 4.78 is 32.7. The van der Waals surface area contributed by atoms with Gasteiger partial charge in [-0.25, -0.2) is 8.78 Å². The van der Waals surface area contributed by atoms with Crippen LogP contribution in [0.2, 0.25) is 0 Å². The molecule has 0 aromatic heterocycles. The van der Waals surface area contributed by atoms with Crippen molar-refractivity contribution in [1.82, 2.24) is 5.32 Å². The summed E-state index contributed by atoms with van der Waals surface area (Å²) in [6, 6.07) is 3.07. The van der Waals surface area contributed by atoms with E-state index < -0.39 is 17.6 Å². The fraction of sp³-hybridized carbons (Fsp3) is 0.579. The Morgan fingerprint density at radius 3 is 2.85 bits per heavy atom. The van der Waals surface area contributed by atoms with Crippen LogP contribution in [0.3, 0.4) is 0 Å². The Morgan fingerprint density at radius 2 is 2.15 bits per heavy atom. The molecule has 0 saturated carbocycles. The van der Waals surface area contributed by atoms with Crippen LogP contribution in [0, 0.1) is 29.4 Å². The summed E-state index contributed by atoms with van der Waals surface area (Å²) in [6.45, 7) is 5.49. The van der Waals surface area contributed by atoms with Crippen molar-refractivity contribution in [3.05, 3.63) is 29.8 Å². The number of amides is 2. The van der Waals surface area contributed by atoms with E-state index in [1.165, 1.54) is 11.0 Å². The number of carbonyl (C=O) groups excluding carboxylic acids is 2. The molecule has 0 aliphatic carbocycles. The third-order valence-corrected chi connectivity index (χ3v) is 5.16. The maximum Gasteiger partial charge on any atom is 0.227 e. The zero-order valence-electron chi connectivity index (χ0n) is 15.0. The highest BCUT2D eigenvalue weighted by atomic mass is 19.1. The minimum absolute atomic E-state index is 0.00997. The van der Waals surface area contributed by atoms with Crippen molar-refractivity contribution >= 4 is 17.5 Å². The van der Waals surface area contributed by atoms with E-state index in [4.69, 9.17) is 4.74 Å². The first-order valence-corrected chi connectivity index (χ1v) is 9.01. The van der Waals surface area contributed by atoms with E-state index in [0.717, 1.165) is 18.6 Å². The molecule has 1 N–H and O–H groups in total. The first-order chi connectivity index (χ1) is 12.4. The summed E-state index contributed by atoms with van der Waals surface area (Å²) >= 11 is 0. The molecule has 0 unspecified atom stereocenters. The Kier molecular flexibility index (Phi) is 5.55. The van der Waals surface area contributed by atoms with Crippen LogP contribution >= 0.6 is 0 Å². The minimum Gasteiger partial charge on any atom is -0.378 e. The lowest BCUT2D eigenvalue weighted by Crippen LogP contribution is -2.38. The molecule has 2 amide bonds.